The second-order valence-electron chi connectivity index (χ2n) is 3.28. The highest BCUT2D eigenvalue weighted by molar-refractivity contribution is 6.13. The molecule has 5 heteroatoms. The highest BCUT2D eigenvalue weighted by atomic mass is 16.2. The van der Waals surface area contributed by atoms with Gasteiger partial charge in [0.05, 0.1) is 5.69 Å². The lowest BCUT2D eigenvalue weighted by Crippen LogP contribution is -2.42. The number of rotatable bonds is 2. The van der Waals surface area contributed by atoms with Crippen LogP contribution in [0.15, 0.2) is 24.3 Å². The SMILES string of the molecule is CCNC(=O)N(C(C)=O)c1ccc(N)cc1. The summed E-state index contributed by atoms with van der Waals surface area (Å²) >= 11 is 0. The molecule has 0 radical (unpaired) electrons. The molecule has 86 valence electrons. The molecule has 0 aromatic heterocycles. The van der Waals surface area contributed by atoms with Gasteiger partial charge in [0, 0.05) is 19.2 Å². The van der Waals surface area contributed by atoms with Crippen molar-refractivity contribution in [2.75, 3.05) is 17.2 Å². The number of nitrogen functional groups attached to an aromatic ring is 1. The number of hydrogen-bond donors (Lipinski definition) is 2. The smallest absolute Gasteiger partial charge is 0.328 e. The van der Waals surface area contributed by atoms with Crippen molar-refractivity contribution in [3.63, 3.8) is 0 Å². The van der Waals surface area contributed by atoms with E-state index in [1.165, 1.54) is 6.92 Å². The van der Waals surface area contributed by atoms with Crippen LogP contribution in [-0.2, 0) is 4.79 Å². The van der Waals surface area contributed by atoms with E-state index < -0.39 is 6.03 Å². The molecule has 5 nitrogen and oxygen atoms in total. The molecule has 3 amide bonds. The molecule has 0 heterocycles. The molecule has 0 aliphatic heterocycles. The predicted octanol–water partition coefficient (Wildman–Crippen LogP) is 1.35. The molecule has 0 saturated heterocycles. The molecule has 3 N–H and O–H groups in total. The van der Waals surface area contributed by atoms with Crippen molar-refractivity contribution in [1.29, 1.82) is 0 Å². The Morgan fingerprint density at radius 1 is 1.31 bits per heavy atom. The van der Waals surface area contributed by atoms with Crippen LogP contribution in [0.2, 0.25) is 0 Å². The van der Waals surface area contributed by atoms with Gasteiger partial charge in [-0.15, -0.1) is 0 Å². The third-order valence-corrected chi connectivity index (χ3v) is 2.00. The molecule has 0 saturated carbocycles. The first-order chi connectivity index (χ1) is 7.56. The summed E-state index contributed by atoms with van der Waals surface area (Å²) in [4.78, 5) is 24.1. The topological polar surface area (TPSA) is 75.4 Å². The fourth-order valence-corrected chi connectivity index (χ4v) is 1.30. The molecule has 0 aliphatic carbocycles. The number of nitrogens with zero attached hydrogens (tertiary/aromatic N) is 1. The number of amides is 3. The van der Waals surface area contributed by atoms with Gasteiger partial charge >= 0.3 is 6.03 Å². The van der Waals surface area contributed by atoms with Gasteiger partial charge in [-0.05, 0) is 31.2 Å². The van der Waals surface area contributed by atoms with E-state index in [2.05, 4.69) is 5.32 Å². The Morgan fingerprint density at radius 2 is 1.88 bits per heavy atom. The quantitative estimate of drug-likeness (QED) is 0.740. The Labute approximate surface area is 94.2 Å². The fourth-order valence-electron chi connectivity index (χ4n) is 1.30. The molecule has 0 bridgehead atoms. The summed E-state index contributed by atoms with van der Waals surface area (Å²) in [7, 11) is 0. The van der Waals surface area contributed by atoms with Crippen LogP contribution in [0.3, 0.4) is 0 Å². The second-order valence-corrected chi connectivity index (χ2v) is 3.28. The van der Waals surface area contributed by atoms with Gasteiger partial charge in [0.2, 0.25) is 5.91 Å². The van der Waals surface area contributed by atoms with Crippen LogP contribution in [0.1, 0.15) is 13.8 Å². The van der Waals surface area contributed by atoms with E-state index in [0.29, 0.717) is 17.9 Å². The summed E-state index contributed by atoms with van der Waals surface area (Å²) in [5.74, 6) is -0.337. The summed E-state index contributed by atoms with van der Waals surface area (Å²) in [5.41, 5.74) is 6.63. The molecule has 1 aromatic carbocycles. The average Bonchev–Trinajstić information content (AvgIpc) is 2.21. The Morgan fingerprint density at radius 3 is 2.31 bits per heavy atom. The van der Waals surface area contributed by atoms with E-state index in [9.17, 15) is 9.59 Å². The first-order valence-electron chi connectivity index (χ1n) is 5.00. The van der Waals surface area contributed by atoms with E-state index >= 15 is 0 Å². The van der Waals surface area contributed by atoms with Crippen molar-refractivity contribution in [2.24, 2.45) is 0 Å². The second kappa shape index (κ2) is 5.16. The molecular formula is C11H15N3O2. The number of carbonyl (C=O) groups is 2. The minimum atomic E-state index is -0.431. The highest BCUT2D eigenvalue weighted by Crippen LogP contribution is 2.16. The van der Waals surface area contributed by atoms with Crippen LogP contribution in [0, 0.1) is 0 Å². The lowest BCUT2D eigenvalue weighted by molar-refractivity contribution is -0.115. The minimum absolute atomic E-state index is 0.337. The maximum absolute atomic E-state index is 11.6. The van der Waals surface area contributed by atoms with Crippen LogP contribution in [0.25, 0.3) is 0 Å². The molecule has 0 aliphatic rings. The summed E-state index contributed by atoms with van der Waals surface area (Å²) < 4.78 is 0. The number of imide groups is 1. The summed E-state index contributed by atoms with van der Waals surface area (Å²) in [6.07, 6.45) is 0. The number of carbonyl (C=O) groups excluding carboxylic acids is 2. The third-order valence-electron chi connectivity index (χ3n) is 2.00. The molecule has 16 heavy (non-hydrogen) atoms. The summed E-state index contributed by atoms with van der Waals surface area (Å²) in [5, 5.41) is 2.57. The number of anilines is 2. The molecule has 0 atom stereocenters. The van der Waals surface area contributed by atoms with Gasteiger partial charge in [-0.25, -0.2) is 9.69 Å². The van der Waals surface area contributed by atoms with Gasteiger partial charge in [0.25, 0.3) is 0 Å². The van der Waals surface area contributed by atoms with Gasteiger partial charge in [0.1, 0.15) is 0 Å². The molecular weight excluding hydrogens is 206 g/mol. The Bertz CT molecular complexity index is 387. The van der Waals surface area contributed by atoms with Crippen molar-refractivity contribution in [3.8, 4) is 0 Å². The first kappa shape index (κ1) is 12.0. The van der Waals surface area contributed by atoms with Gasteiger partial charge in [-0.3, -0.25) is 4.79 Å². The highest BCUT2D eigenvalue weighted by Gasteiger charge is 2.18. The zero-order valence-corrected chi connectivity index (χ0v) is 9.36. The van der Waals surface area contributed by atoms with Gasteiger partial charge in [-0.1, -0.05) is 0 Å². The van der Waals surface area contributed by atoms with Crippen molar-refractivity contribution < 1.29 is 9.59 Å². The summed E-state index contributed by atoms with van der Waals surface area (Å²) in [6.45, 7) is 3.60. The zero-order valence-electron chi connectivity index (χ0n) is 9.36. The maximum atomic E-state index is 11.6. The van der Waals surface area contributed by atoms with E-state index in [4.69, 9.17) is 5.73 Å². The van der Waals surface area contributed by atoms with Crippen LogP contribution in [0.4, 0.5) is 16.2 Å². The van der Waals surface area contributed by atoms with E-state index in [1.807, 2.05) is 0 Å². The molecule has 0 unspecified atom stereocenters. The monoisotopic (exact) mass is 221 g/mol. The van der Waals surface area contributed by atoms with Crippen molar-refractivity contribution in [1.82, 2.24) is 5.32 Å². The number of hydrogen-bond acceptors (Lipinski definition) is 3. The van der Waals surface area contributed by atoms with E-state index in [0.717, 1.165) is 4.90 Å². The van der Waals surface area contributed by atoms with Crippen molar-refractivity contribution >= 4 is 23.3 Å². The van der Waals surface area contributed by atoms with Crippen molar-refractivity contribution in [2.45, 2.75) is 13.8 Å². The fraction of sp³-hybridized carbons (Fsp3) is 0.273. The van der Waals surface area contributed by atoms with E-state index in [1.54, 1.807) is 31.2 Å². The Kier molecular flexibility index (Phi) is 3.88. The Balaban J connectivity index is 2.98. The molecule has 1 aromatic rings. The van der Waals surface area contributed by atoms with Gasteiger partial charge in [0.15, 0.2) is 0 Å². The van der Waals surface area contributed by atoms with Crippen LogP contribution in [-0.4, -0.2) is 18.5 Å². The minimum Gasteiger partial charge on any atom is -0.399 e. The van der Waals surface area contributed by atoms with Crippen LogP contribution >= 0.6 is 0 Å². The van der Waals surface area contributed by atoms with Crippen molar-refractivity contribution in [3.05, 3.63) is 24.3 Å². The lowest BCUT2D eigenvalue weighted by atomic mass is 10.2. The number of nitrogens with one attached hydrogen (secondary N) is 1. The van der Waals surface area contributed by atoms with Crippen LogP contribution in [0.5, 0.6) is 0 Å². The zero-order chi connectivity index (χ0) is 12.1. The van der Waals surface area contributed by atoms with Gasteiger partial charge in [-0.2, -0.15) is 0 Å². The normalized spacial score (nSPS) is 9.62. The molecule has 1 rings (SSSR count). The largest absolute Gasteiger partial charge is 0.399 e. The van der Waals surface area contributed by atoms with Gasteiger partial charge < -0.3 is 11.1 Å². The maximum Gasteiger partial charge on any atom is 0.328 e. The number of urea groups is 1. The summed E-state index contributed by atoms with van der Waals surface area (Å²) in [6, 6.07) is 6.12. The first-order valence-corrected chi connectivity index (χ1v) is 5.00. The predicted molar refractivity (Wildman–Crippen MR) is 63.1 cm³/mol. The average molecular weight is 221 g/mol. The standard InChI is InChI=1S/C11H15N3O2/c1-3-13-11(16)14(8(2)15)10-6-4-9(12)5-7-10/h4-7H,3,12H2,1-2H3,(H,13,16). The van der Waals surface area contributed by atoms with E-state index in [-0.39, 0.29) is 5.91 Å². The lowest BCUT2D eigenvalue weighted by Gasteiger charge is -2.19. The third kappa shape index (κ3) is 2.73. The number of benzene rings is 1. The number of nitrogens with two attached hydrogens (primary N) is 1. The molecule has 0 spiro atoms. The van der Waals surface area contributed by atoms with Crippen LogP contribution < -0.4 is 16.0 Å². The molecule has 0 fully saturated rings. The Hall–Kier alpha value is -2.04.